The number of allylic oxidation sites excluding steroid dienone is 2. The van der Waals surface area contributed by atoms with Crippen LogP contribution in [-0.4, -0.2) is 8.07 Å². The maximum absolute atomic E-state index is 2.93. The molecule has 1 heterocycles. The Labute approximate surface area is 303 Å². The van der Waals surface area contributed by atoms with Crippen molar-refractivity contribution in [3.63, 3.8) is 0 Å². The van der Waals surface area contributed by atoms with E-state index in [9.17, 15) is 0 Å². The van der Waals surface area contributed by atoms with Crippen molar-refractivity contribution in [1.29, 1.82) is 0 Å². The molecule has 50 heavy (non-hydrogen) atoms. The first-order valence-electron chi connectivity index (χ1n) is 19.2. The molecule has 0 saturated carbocycles. The monoisotopic (exact) mass is 700 g/mol. The molecule has 0 saturated heterocycles. The van der Waals surface area contributed by atoms with Gasteiger partial charge in [-0.25, -0.2) is 0 Å². The summed E-state index contributed by atoms with van der Waals surface area (Å²) in [6.07, 6.45) is 5.22. The van der Waals surface area contributed by atoms with Crippen LogP contribution in [0.25, 0.3) is 31.9 Å². The van der Waals surface area contributed by atoms with Gasteiger partial charge in [-0.3, -0.25) is 0 Å². The molecule has 0 fully saturated rings. The third-order valence-corrected chi connectivity index (χ3v) is 28.1. The molecule has 4 bridgehead atoms. The van der Waals surface area contributed by atoms with Crippen LogP contribution in [-0.2, 0) is 16.6 Å². The minimum absolute atomic E-state index is 0.556. The summed E-state index contributed by atoms with van der Waals surface area (Å²) >= 11 is -2.93. The Bertz CT molecular complexity index is 2160. The van der Waals surface area contributed by atoms with Crippen molar-refractivity contribution in [3.05, 3.63) is 167 Å². The van der Waals surface area contributed by atoms with Crippen LogP contribution >= 0.6 is 0 Å². The Morgan fingerprint density at radius 3 is 1.30 bits per heavy atom. The molecular weight excluding hydrogens is 652 g/mol. The van der Waals surface area contributed by atoms with E-state index in [0.717, 1.165) is 0 Å². The number of hydrogen-bond acceptors (Lipinski definition) is 0. The number of benzene rings is 6. The Hall–Kier alpha value is -3.75. The third kappa shape index (κ3) is 4.33. The van der Waals surface area contributed by atoms with Gasteiger partial charge >= 0.3 is 305 Å². The zero-order chi connectivity index (χ0) is 34.0. The molecule has 248 valence electrons. The predicted molar refractivity (Wildman–Crippen MR) is 216 cm³/mol. The summed E-state index contributed by atoms with van der Waals surface area (Å²) in [6.45, 7) is 10.1. The van der Waals surface area contributed by atoms with Gasteiger partial charge in [-0.05, 0) is 0 Å². The molecular formula is C48H48SiTi. The van der Waals surface area contributed by atoms with Crippen LogP contribution in [0.3, 0.4) is 0 Å². The molecule has 1 aliphatic heterocycles. The second-order valence-corrected chi connectivity index (χ2v) is 26.3. The SMILES string of the molecule is CCC[CH2][Ti]1([CH2]CCC)[CH]2C(C)=C(c3c2ccc2ccccc32)[Si](c2ccccc2)(c2ccccc2)C2=C(C)[CH]1c1ccc3ccccc3c12. The Morgan fingerprint density at radius 2 is 0.880 bits per heavy atom. The molecule has 2 aliphatic carbocycles. The van der Waals surface area contributed by atoms with E-state index in [1.807, 2.05) is 0 Å². The molecule has 0 spiro atoms. The molecule has 2 heteroatoms. The molecule has 0 nitrogen and oxygen atoms in total. The zero-order valence-corrected chi connectivity index (χ0v) is 32.7. The van der Waals surface area contributed by atoms with E-state index in [1.54, 1.807) is 43.8 Å². The van der Waals surface area contributed by atoms with E-state index < -0.39 is 24.7 Å². The van der Waals surface area contributed by atoms with E-state index >= 15 is 0 Å². The first-order chi connectivity index (χ1) is 24.6. The van der Waals surface area contributed by atoms with E-state index in [1.165, 1.54) is 67.1 Å². The van der Waals surface area contributed by atoms with E-state index in [0.29, 0.717) is 8.45 Å². The van der Waals surface area contributed by atoms with Crippen LogP contribution in [0.15, 0.2) is 145 Å². The predicted octanol–water partition coefficient (Wildman–Crippen LogP) is 12.3. The average molecular weight is 701 g/mol. The standard InChI is InChI=1S/C40H30Si.2C4H9.Ti/c1-27-25-31-23-21-29-13-9-11-19-35(29)37(31)39(27)41(33-15-5-3-6-16-33,34-17-7-4-8-18-34)40-28(2)26-32-24-22-30-14-10-12-20-36(30)38(32)40;2*1-3-4-2;/h3-26H,1-2H3;2*1,3-4H2,2H3;. The summed E-state index contributed by atoms with van der Waals surface area (Å²) in [5, 5.41) is 12.1. The van der Waals surface area contributed by atoms with Gasteiger partial charge in [-0.15, -0.1) is 0 Å². The van der Waals surface area contributed by atoms with Gasteiger partial charge in [0, 0.05) is 0 Å². The quantitative estimate of drug-likeness (QED) is 0.139. The third-order valence-electron chi connectivity index (χ3n) is 13.0. The molecule has 6 aromatic rings. The Morgan fingerprint density at radius 1 is 0.480 bits per heavy atom. The summed E-state index contributed by atoms with van der Waals surface area (Å²) < 4.78 is 3.98. The van der Waals surface area contributed by atoms with Crippen molar-refractivity contribution in [3.8, 4) is 0 Å². The van der Waals surface area contributed by atoms with E-state index in [2.05, 4.69) is 161 Å². The van der Waals surface area contributed by atoms with Crippen molar-refractivity contribution in [2.75, 3.05) is 0 Å². The van der Waals surface area contributed by atoms with Crippen molar-refractivity contribution in [1.82, 2.24) is 0 Å². The van der Waals surface area contributed by atoms with E-state index in [4.69, 9.17) is 0 Å². The van der Waals surface area contributed by atoms with Crippen LogP contribution in [0.5, 0.6) is 0 Å². The van der Waals surface area contributed by atoms with Crippen LogP contribution in [0.4, 0.5) is 0 Å². The average Bonchev–Trinajstić information content (AvgIpc) is 3.66. The van der Waals surface area contributed by atoms with Gasteiger partial charge in [-0.2, -0.15) is 0 Å². The summed E-state index contributed by atoms with van der Waals surface area (Å²) in [5.41, 5.74) is 10.0. The van der Waals surface area contributed by atoms with Crippen LogP contribution in [0.2, 0.25) is 9.45 Å². The molecule has 9 rings (SSSR count). The maximum atomic E-state index is 2.63. The molecule has 0 radical (unpaired) electrons. The van der Waals surface area contributed by atoms with Crippen LogP contribution in [0.1, 0.15) is 84.1 Å². The first kappa shape index (κ1) is 32.2. The van der Waals surface area contributed by atoms with Gasteiger partial charge in [0.25, 0.3) is 0 Å². The molecule has 6 aromatic carbocycles. The van der Waals surface area contributed by atoms with Gasteiger partial charge < -0.3 is 0 Å². The van der Waals surface area contributed by atoms with Crippen molar-refractivity contribution < 1.29 is 16.6 Å². The second kappa shape index (κ2) is 12.5. The first-order valence-corrected chi connectivity index (χ1v) is 25.2. The van der Waals surface area contributed by atoms with Crippen LogP contribution in [0, 0.1) is 0 Å². The van der Waals surface area contributed by atoms with Gasteiger partial charge in [0.2, 0.25) is 0 Å². The summed E-state index contributed by atoms with van der Waals surface area (Å²) in [5.74, 6) is 0. The van der Waals surface area contributed by atoms with E-state index in [-0.39, 0.29) is 0 Å². The molecule has 3 aliphatic rings. The minimum atomic E-state index is -2.93. The fourth-order valence-corrected chi connectivity index (χ4v) is 29.4. The summed E-state index contributed by atoms with van der Waals surface area (Å²) in [4.78, 5) is 0. The number of hydrogen-bond donors (Lipinski definition) is 0. The van der Waals surface area contributed by atoms with Crippen LogP contribution < -0.4 is 10.4 Å². The van der Waals surface area contributed by atoms with Crippen molar-refractivity contribution in [2.24, 2.45) is 0 Å². The molecule has 2 atom stereocenters. The van der Waals surface area contributed by atoms with Gasteiger partial charge in [0.1, 0.15) is 0 Å². The zero-order valence-electron chi connectivity index (χ0n) is 30.1. The second-order valence-electron chi connectivity index (χ2n) is 15.4. The number of rotatable bonds is 8. The fourth-order valence-electron chi connectivity index (χ4n) is 11.3. The molecule has 0 amide bonds. The van der Waals surface area contributed by atoms with Crippen molar-refractivity contribution >= 4 is 50.4 Å². The van der Waals surface area contributed by atoms with Gasteiger partial charge in [-0.1, -0.05) is 0 Å². The molecule has 0 N–H and O–H groups in total. The van der Waals surface area contributed by atoms with Crippen molar-refractivity contribution in [2.45, 2.75) is 71.3 Å². The molecule has 2 unspecified atom stereocenters. The van der Waals surface area contributed by atoms with Gasteiger partial charge in [0.15, 0.2) is 0 Å². The Balaban J connectivity index is 1.56. The normalized spacial score (nSPS) is 19.8. The summed E-state index contributed by atoms with van der Waals surface area (Å²) in [6, 6.07) is 52.5. The topological polar surface area (TPSA) is 0 Å². The molecule has 0 aromatic heterocycles. The van der Waals surface area contributed by atoms with Gasteiger partial charge in [0.05, 0.1) is 0 Å². The Kier molecular flexibility index (Phi) is 8.03. The number of fused-ring (bicyclic) bond motifs is 12. The fraction of sp³-hybridized carbons (Fsp3) is 0.250. The summed E-state index contributed by atoms with van der Waals surface area (Å²) in [7, 11) is -2.89. The number of unbranched alkanes of at least 4 members (excludes halogenated alkanes) is 2.